The molecule has 0 bridgehead atoms. The highest BCUT2D eigenvalue weighted by atomic mass is 32.1. The molecule has 1 aliphatic heterocycles. The Morgan fingerprint density at radius 3 is 2.48 bits per heavy atom. The number of likely N-dealkylation sites (N-methyl/N-ethyl adjacent to an activating group) is 1. The SMILES string of the molecule is CC1CN(c2ccc3scc(C(=O)N(C)C)c3c2)CC(C)N1C. The van der Waals surface area contributed by atoms with E-state index >= 15 is 0 Å². The minimum absolute atomic E-state index is 0.0773. The first-order valence-corrected chi connectivity index (χ1v) is 8.96. The molecule has 0 spiro atoms. The molecule has 0 N–H and O–H groups in total. The molecule has 23 heavy (non-hydrogen) atoms. The summed E-state index contributed by atoms with van der Waals surface area (Å²) in [6, 6.07) is 7.58. The first-order valence-electron chi connectivity index (χ1n) is 8.08. The number of piperazine rings is 1. The molecule has 2 unspecified atom stereocenters. The predicted octanol–water partition coefficient (Wildman–Crippen LogP) is 3.13. The Bertz CT molecular complexity index is 712. The van der Waals surface area contributed by atoms with Crippen LogP contribution in [0.4, 0.5) is 5.69 Å². The lowest BCUT2D eigenvalue weighted by Gasteiger charge is -2.43. The molecule has 2 atom stereocenters. The predicted molar refractivity (Wildman–Crippen MR) is 98.7 cm³/mol. The van der Waals surface area contributed by atoms with Gasteiger partial charge < -0.3 is 9.80 Å². The third-order valence-electron chi connectivity index (χ3n) is 4.92. The molecule has 1 amide bonds. The van der Waals surface area contributed by atoms with Crippen molar-refractivity contribution in [2.45, 2.75) is 25.9 Å². The van der Waals surface area contributed by atoms with Gasteiger partial charge in [0.15, 0.2) is 0 Å². The summed E-state index contributed by atoms with van der Waals surface area (Å²) >= 11 is 1.64. The third kappa shape index (κ3) is 2.95. The summed E-state index contributed by atoms with van der Waals surface area (Å²) in [5.41, 5.74) is 2.03. The molecular weight excluding hydrogens is 306 g/mol. The van der Waals surface area contributed by atoms with E-state index in [1.165, 1.54) is 10.4 Å². The summed E-state index contributed by atoms with van der Waals surface area (Å²) in [6.45, 7) is 6.58. The number of hydrogen-bond acceptors (Lipinski definition) is 4. The zero-order valence-electron chi connectivity index (χ0n) is 14.5. The Morgan fingerprint density at radius 2 is 1.87 bits per heavy atom. The molecule has 2 heterocycles. The van der Waals surface area contributed by atoms with Gasteiger partial charge in [-0.2, -0.15) is 0 Å². The molecule has 1 aliphatic rings. The lowest BCUT2D eigenvalue weighted by Crippen LogP contribution is -2.55. The highest BCUT2D eigenvalue weighted by Crippen LogP contribution is 2.32. The molecule has 0 radical (unpaired) electrons. The second kappa shape index (κ2) is 6.13. The largest absolute Gasteiger partial charge is 0.368 e. The highest BCUT2D eigenvalue weighted by Gasteiger charge is 2.27. The van der Waals surface area contributed by atoms with Gasteiger partial charge in [-0.1, -0.05) is 0 Å². The molecular formula is C18H25N3OS. The van der Waals surface area contributed by atoms with Gasteiger partial charge in [0, 0.05) is 60.4 Å². The van der Waals surface area contributed by atoms with E-state index in [0.717, 1.165) is 24.0 Å². The zero-order chi connectivity index (χ0) is 16.7. The average molecular weight is 331 g/mol. The van der Waals surface area contributed by atoms with Gasteiger partial charge in [0.05, 0.1) is 5.56 Å². The number of carbonyl (C=O) groups excluding carboxylic acids is 1. The van der Waals surface area contributed by atoms with E-state index in [1.807, 2.05) is 5.38 Å². The third-order valence-corrected chi connectivity index (χ3v) is 5.88. The van der Waals surface area contributed by atoms with Gasteiger partial charge in [-0.3, -0.25) is 9.69 Å². The van der Waals surface area contributed by atoms with Crippen LogP contribution in [-0.2, 0) is 0 Å². The number of thiophene rings is 1. The first kappa shape index (κ1) is 16.3. The van der Waals surface area contributed by atoms with Gasteiger partial charge in [-0.05, 0) is 39.1 Å². The van der Waals surface area contributed by atoms with Gasteiger partial charge in [-0.15, -0.1) is 11.3 Å². The minimum atomic E-state index is 0.0773. The minimum Gasteiger partial charge on any atom is -0.368 e. The van der Waals surface area contributed by atoms with Crippen molar-refractivity contribution in [1.82, 2.24) is 9.80 Å². The molecule has 0 saturated carbocycles. The molecule has 1 fully saturated rings. The fourth-order valence-electron chi connectivity index (χ4n) is 3.24. The summed E-state index contributed by atoms with van der Waals surface area (Å²) < 4.78 is 1.18. The number of anilines is 1. The molecule has 124 valence electrons. The van der Waals surface area contributed by atoms with Gasteiger partial charge in [0.25, 0.3) is 5.91 Å². The van der Waals surface area contributed by atoms with Gasteiger partial charge in [0.2, 0.25) is 0 Å². The second-order valence-corrected chi connectivity index (χ2v) is 7.71. The van der Waals surface area contributed by atoms with E-state index in [1.54, 1.807) is 30.3 Å². The molecule has 0 aliphatic carbocycles. The van der Waals surface area contributed by atoms with Crippen LogP contribution in [0.25, 0.3) is 10.1 Å². The van der Waals surface area contributed by atoms with Crippen molar-refractivity contribution in [3.63, 3.8) is 0 Å². The van der Waals surface area contributed by atoms with Gasteiger partial charge in [0.1, 0.15) is 0 Å². The van der Waals surface area contributed by atoms with E-state index in [0.29, 0.717) is 12.1 Å². The zero-order valence-corrected chi connectivity index (χ0v) is 15.4. The Balaban J connectivity index is 1.96. The summed E-state index contributed by atoms with van der Waals surface area (Å²) in [4.78, 5) is 18.9. The van der Waals surface area contributed by atoms with Crippen LogP contribution < -0.4 is 4.90 Å². The molecule has 5 heteroatoms. The van der Waals surface area contributed by atoms with Crippen LogP contribution in [0.15, 0.2) is 23.6 Å². The topological polar surface area (TPSA) is 26.8 Å². The molecule has 2 aromatic rings. The molecule has 4 nitrogen and oxygen atoms in total. The fourth-order valence-corrected chi connectivity index (χ4v) is 4.15. The van der Waals surface area contributed by atoms with Crippen molar-refractivity contribution in [2.24, 2.45) is 0 Å². The monoisotopic (exact) mass is 331 g/mol. The number of carbonyl (C=O) groups is 1. The Kier molecular flexibility index (Phi) is 4.34. The van der Waals surface area contributed by atoms with E-state index in [4.69, 9.17) is 0 Å². The van der Waals surface area contributed by atoms with E-state index in [-0.39, 0.29) is 5.91 Å². The quantitative estimate of drug-likeness (QED) is 0.846. The first-order chi connectivity index (χ1) is 10.9. The number of rotatable bonds is 2. The molecule has 3 rings (SSSR count). The maximum atomic E-state index is 12.4. The van der Waals surface area contributed by atoms with Crippen LogP contribution in [0.5, 0.6) is 0 Å². The van der Waals surface area contributed by atoms with Crippen molar-refractivity contribution in [3.8, 4) is 0 Å². The Morgan fingerprint density at radius 1 is 1.22 bits per heavy atom. The smallest absolute Gasteiger partial charge is 0.254 e. The normalized spacial score (nSPS) is 22.6. The second-order valence-electron chi connectivity index (χ2n) is 6.80. The average Bonchev–Trinajstić information content (AvgIpc) is 2.94. The number of amides is 1. The number of benzene rings is 1. The van der Waals surface area contributed by atoms with Crippen LogP contribution in [0.3, 0.4) is 0 Å². The standard InChI is InChI=1S/C18H25N3OS/c1-12-9-21(10-13(2)20(12)5)14-6-7-17-15(8-14)16(11-23-17)18(22)19(3)4/h6-8,11-13H,9-10H2,1-5H3. The maximum Gasteiger partial charge on any atom is 0.254 e. The van der Waals surface area contributed by atoms with Crippen LogP contribution >= 0.6 is 11.3 Å². The molecule has 1 saturated heterocycles. The van der Waals surface area contributed by atoms with E-state index in [2.05, 4.69) is 48.9 Å². The number of fused-ring (bicyclic) bond motifs is 1. The van der Waals surface area contributed by atoms with Gasteiger partial charge in [-0.25, -0.2) is 0 Å². The van der Waals surface area contributed by atoms with Crippen LogP contribution in [0.1, 0.15) is 24.2 Å². The lowest BCUT2D eigenvalue weighted by molar-refractivity contribution is 0.0830. The summed E-state index contributed by atoms with van der Waals surface area (Å²) in [6.07, 6.45) is 0. The van der Waals surface area contributed by atoms with Crippen molar-refractivity contribution >= 4 is 33.0 Å². The van der Waals surface area contributed by atoms with Crippen LogP contribution in [0.2, 0.25) is 0 Å². The summed E-state index contributed by atoms with van der Waals surface area (Å²) in [7, 11) is 5.81. The van der Waals surface area contributed by atoms with E-state index in [9.17, 15) is 4.79 Å². The van der Waals surface area contributed by atoms with Gasteiger partial charge >= 0.3 is 0 Å². The van der Waals surface area contributed by atoms with Crippen molar-refractivity contribution in [3.05, 3.63) is 29.1 Å². The molecule has 1 aromatic carbocycles. The Labute approximate surface area is 142 Å². The van der Waals surface area contributed by atoms with Crippen LogP contribution in [0, 0.1) is 0 Å². The summed E-state index contributed by atoms with van der Waals surface area (Å²) in [5.74, 6) is 0.0773. The summed E-state index contributed by atoms with van der Waals surface area (Å²) in [5, 5.41) is 3.05. The van der Waals surface area contributed by atoms with Crippen molar-refractivity contribution in [1.29, 1.82) is 0 Å². The van der Waals surface area contributed by atoms with E-state index < -0.39 is 0 Å². The number of nitrogens with zero attached hydrogens (tertiary/aromatic N) is 3. The van der Waals surface area contributed by atoms with Crippen molar-refractivity contribution < 1.29 is 4.79 Å². The fraction of sp³-hybridized carbons (Fsp3) is 0.500. The molecule has 1 aromatic heterocycles. The lowest BCUT2D eigenvalue weighted by atomic mass is 10.1. The highest BCUT2D eigenvalue weighted by molar-refractivity contribution is 7.17. The van der Waals surface area contributed by atoms with Crippen LogP contribution in [-0.4, -0.2) is 62.0 Å². The number of hydrogen-bond donors (Lipinski definition) is 0. The van der Waals surface area contributed by atoms with Crippen molar-refractivity contribution in [2.75, 3.05) is 39.1 Å². The maximum absolute atomic E-state index is 12.4. The Hall–Kier alpha value is -1.59.